The molecule has 0 spiro atoms. The van der Waals surface area contributed by atoms with E-state index in [0.717, 1.165) is 19.3 Å². The van der Waals surface area contributed by atoms with E-state index in [1.807, 2.05) is 4.90 Å². The summed E-state index contributed by atoms with van der Waals surface area (Å²) >= 11 is 5.72. The monoisotopic (exact) mass is 252 g/mol. The minimum atomic E-state index is 0.0750. The van der Waals surface area contributed by atoms with Gasteiger partial charge in [0.05, 0.1) is 5.56 Å². The van der Waals surface area contributed by atoms with E-state index >= 15 is 0 Å². The van der Waals surface area contributed by atoms with Crippen molar-refractivity contribution in [3.05, 3.63) is 29.0 Å². The van der Waals surface area contributed by atoms with Gasteiger partial charge in [-0.1, -0.05) is 18.5 Å². The summed E-state index contributed by atoms with van der Waals surface area (Å²) in [6, 6.07) is 4.10. The highest BCUT2D eigenvalue weighted by molar-refractivity contribution is 6.29. The number of pyridine rings is 1. The molecular weight excluding hydrogens is 236 g/mol. The molecule has 2 rings (SSSR count). The van der Waals surface area contributed by atoms with Crippen LogP contribution >= 0.6 is 11.6 Å². The largest absolute Gasteiger partial charge is 0.333 e. The lowest BCUT2D eigenvalue weighted by Gasteiger charge is -2.27. The number of likely N-dealkylation sites (tertiary alicyclic amines) is 1. The van der Waals surface area contributed by atoms with Crippen LogP contribution in [0.4, 0.5) is 0 Å². The summed E-state index contributed by atoms with van der Waals surface area (Å²) in [6.07, 6.45) is 4.76. The highest BCUT2D eigenvalue weighted by Crippen LogP contribution is 2.27. The van der Waals surface area contributed by atoms with Gasteiger partial charge in [0.2, 0.25) is 0 Å². The number of carbonyl (C=O) groups excluding carboxylic acids is 1. The van der Waals surface area contributed by atoms with Crippen molar-refractivity contribution >= 4 is 17.5 Å². The standard InChI is InChI=1S/C13H17ClN2O/c1-3-11-6-4-9(2)16(11)13(17)10-5-7-12(14)15-8-10/h5,7-9,11H,3-4,6H2,1-2H3. The normalized spacial score (nSPS) is 24.1. The molecule has 1 amide bonds. The third kappa shape index (κ3) is 2.44. The minimum Gasteiger partial charge on any atom is -0.333 e. The van der Waals surface area contributed by atoms with Crippen LogP contribution in [0.15, 0.2) is 18.3 Å². The van der Waals surface area contributed by atoms with Crippen LogP contribution in [-0.4, -0.2) is 27.9 Å². The molecule has 1 aliphatic rings. The summed E-state index contributed by atoms with van der Waals surface area (Å²) in [7, 11) is 0. The molecule has 2 heterocycles. The number of carbonyl (C=O) groups is 1. The van der Waals surface area contributed by atoms with Crippen LogP contribution < -0.4 is 0 Å². The maximum absolute atomic E-state index is 12.4. The van der Waals surface area contributed by atoms with E-state index in [2.05, 4.69) is 18.8 Å². The van der Waals surface area contributed by atoms with Gasteiger partial charge in [-0.25, -0.2) is 4.98 Å². The zero-order valence-corrected chi connectivity index (χ0v) is 10.9. The lowest BCUT2D eigenvalue weighted by molar-refractivity contribution is 0.0676. The Labute approximate surface area is 107 Å². The Hall–Kier alpha value is -1.09. The second kappa shape index (κ2) is 5.05. The van der Waals surface area contributed by atoms with Gasteiger partial charge in [0.1, 0.15) is 5.15 Å². The third-order valence-electron chi connectivity index (χ3n) is 3.47. The average Bonchev–Trinajstić information content (AvgIpc) is 2.70. The Kier molecular flexibility index (Phi) is 3.67. The molecule has 0 N–H and O–H groups in total. The Bertz CT molecular complexity index is 404. The quantitative estimate of drug-likeness (QED) is 0.758. The van der Waals surface area contributed by atoms with Crippen molar-refractivity contribution in [3.63, 3.8) is 0 Å². The van der Waals surface area contributed by atoms with Gasteiger partial charge in [-0.2, -0.15) is 0 Å². The van der Waals surface area contributed by atoms with Crippen LogP contribution in [0.1, 0.15) is 43.5 Å². The Balaban J connectivity index is 2.21. The highest BCUT2D eigenvalue weighted by atomic mass is 35.5. The lowest BCUT2D eigenvalue weighted by atomic mass is 10.1. The van der Waals surface area contributed by atoms with Crippen LogP contribution in [0.25, 0.3) is 0 Å². The van der Waals surface area contributed by atoms with E-state index < -0.39 is 0 Å². The second-order valence-corrected chi connectivity index (χ2v) is 4.96. The topological polar surface area (TPSA) is 33.2 Å². The van der Waals surface area contributed by atoms with E-state index in [-0.39, 0.29) is 5.91 Å². The molecular formula is C13H17ClN2O. The maximum atomic E-state index is 12.4. The second-order valence-electron chi connectivity index (χ2n) is 4.57. The number of nitrogens with zero attached hydrogens (tertiary/aromatic N) is 2. The molecule has 0 aromatic carbocycles. The Morgan fingerprint density at radius 2 is 2.29 bits per heavy atom. The number of halogens is 1. The first-order valence-corrected chi connectivity index (χ1v) is 6.45. The van der Waals surface area contributed by atoms with E-state index in [1.165, 1.54) is 0 Å². The van der Waals surface area contributed by atoms with Crippen LogP contribution in [-0.2, 0) is 0 Å². The van der Waals surface area contributed by atoms with Gasteiger partial charge in [0.15, 0.2) is 0 Å². The molecule has 0 saturated carbocycles. The fraction of sp³-hybridized carbons (Fsp3) is 0.538. The molecule has 2 unspecified atom stereocenters. The first-order chi connectivity index (χ1) is 8.13. The number of rotatable bonds is 2. The summed E-state index contributed by atoms with van der Waals surface area (Å²) in [6.45, 7) is 4.24. The van der Waals surface area contributed by atoms with Gasteiger partial charge in [-0.3, -0.25) is 4.79 Å². The van der Waals surface area contributed by atoms with Crippen LogP contribution in [0.5, 0.6) is 0 Å². The number of hydrogen-bond acceptors (Lipinski definition) is 2. The van der Waals surface area contributed by atoms with Crippen molar-refractivity contribution in [2.45, 2.75) is 45.2 Å². The predicted octanol–water partition coefficient (Wildman–Crippen LogP) is 3.14. The molecule has 92 valence electrons. The summed E-state index contributed by atoms with van der Waals surface area (Å²) in [5.74, 6) is 0.0750. The molecule has 0 aliphatic carbocycles. The molecule has 1 saturated heterocycles. The van der Waals surface area contributed by atoms with Gasteiger partial charge in [0.25, 0.3) is 5.91 Å². The minimum absolute atomic E-state index is 0.0750. The first-order valence-electron chi connectivity index (χ1n) is 6.07. The number of amides is 1. The van der Waals surface area contributed by atoms with Gasteiger partial charge < -0.3 is 4.90 Å². The number of hydrogen-bond donors (Lipinski definition) is 0. The van der Waals surface area contributed by atoms with Gasteiger partial charge in [-0.05, 0) is 38.3 Å². The van der Waals surface area contributed by atoms with Crippen molar-refractivity contribution in [2.75, 3.05) is 0 Å². The molecule has 4 heteroatoms. The highest BCUT2D eigenvalue weighted by Gasteiger charge is 2.33. The first kappa shape index (κ1) is 12.4. The van der Waals surface area contributed by atoms with Crippen molar-refractivity contribution in [1.82, 2.24) is 9.88 Å². The summed E-state index contributed by atoms with van der Waals surface area (Å²) in [4.78, 5) is 18.3. The van der Waals surface area contributed by atoms with Gasteiger partial charge in [-0.15, -0.1) is 0 Å². The van der Waals surface area contributed by atoms with Crippen molar-refractivity contribution in [3.8, 4) is 0 Å². The molecule has 2 atom stereocenters. The van der Waals surface area contributed by atoms with E-state index in [1.54, 1.807) is 18.3 Å². The van der Waals surface area contributed by atoms with Gasteiger partial charge >= 0.3 is 0 Å². The molecule has 3 nitrogen and oxygen atoms in total. The van der Waals surface area contributed by atoms with Crippen LogP contribution in [0, 0.1) is 0 Å². The Morgan fingerprint density at radius 3 is 2.88 bits per heavy atom. The fourth-order valence-electron chi connectivity index (χ4n) is 2.49. The van der Waals surface area contributed by atoms with E-state index in [9.17, 15) is 4.79 Å². The summed E-state index contributed by atoms with van der Waals surface area (Å²) in [5, 5.41) is 0.420. The molecule has 0 bridgehead atoms. The van der Waals surface area contributed by atoms with Crippen molar-refractivity contribution < 1.29 is 4.79 Å². The Morgan fingerprint density at radius 1 is 1.53 bits per heavy atom. The van der Waals surface area contributed by atoms with Gasteiger partial charge in [0, 0.05) is 18.3 Å². The number of aromatic nitrogens is 1. The SMILES string of the molecule is CCC1CCC(C)N1C(=O)c1ccc(Cl)nc1. The lowest BCUT2D eigenvalue weighted by Crippen LogP contribution is -2.39. The predicted molar refractivity (Wildman–Crippen MR) is 68.2 cm³/mol. The average molecular weight is 253 g/mol. The molecule has 1 fully saturated rings. The zero-order chi connectivity index (χ0) is 12.4. The summed E-state index contributed by atoms with van der Waals surface area (Å²) < 4.78 is 0. The third-order valence-corrected chi connectivity index (χ3v) is 3.69. The molecule has 1 aromatic rings. The fourth-order valence-corrected chi connectivity index (χ4v) is 2.60. The molecule has 17 heavy (non-hydrogen) atoms. The van der Waals surface area contributed by atoms with Crippen LogP contribution in [0.2, 0.25) is 5.15 Å². The molecule has 1 aliphatic heterocycles. The smallest absolute Gasteiger partial charge is 0.255 e. The molecule has 1 aromatic heterocycles. The van der Waals surface area contributed by atoms with Crippen molar-refractivity contribution in [1.29, 1.82) is 0 Å². The van der Waals surface area contributed by atoms with E-state index in [0.29, 0.717) is 22.8 Å². The van der Waals surface area contributed by atoms with Crippen LogP contribution in [0.3, 0.4) is 0 Å². The van der Waals surface area contributed by atoms with E-state index in [4.69, 9.17) is 11.6 Å². The van der Waals surface area contributed by atoms with Crippen molar-refractivity contribution in [2.24, 2.45) is 0 Å². The molecule has 0 radical (unpaired) electrons. The maximum Gasteiger partial charge on any atom is 0.255 e. The summed E-state index contributed by atoms with van der Waals surface area (Å²) in [5.41, 5.74) is 0.626. The zero-order valence-electron chi connectivity index (χ0n) is 10.2.